The highest BCUT2D eigenvalue weighted by Crippen LogP contribution is 2.34. The van der Waals surface area contributed by atoms with Gasteiger partial charge in [0.15, 0.2) is 17.6 Å². The first kappa shape index (κ1) is 27.7. The number of amides is 2. The van der Waals surface area contributed by atoms with Crippen molar-refractivity contribution in [2.24, 2.45) is 0 Å². The van der Waals surface area contributed by atoms with E-state index in [2.05, 4.69) is 20.8 Å². The third kappa shape index (κ3) is 7.60. The van der Waals surface area contributed by atoms with Gasteiger partial charge in [0.25, 0.3) is 5.91 Å². The number of carbonyl (C=O) groups is 2. The summed E-state index contributed by atoms with van der Waals surface area (Å²) in [6, 6.07) is 21.1. The number of halogens is 3. The highest BCUT2D eigenvalue weighted by molar-refractivity contribution is 7.99. The number of hydrogen-bond acceptors (Lipinski definition) is 6. The van der Waals surface area contributed by atoms with Crippen LogP contribution >= 0.6 is 11.8 Å². The Balaban J connectivity index is 1.45. The zero-order valence-electron chi connectivity index (χ0n) is 20.7. The van der Waals surface area contributed by atoms with Crippen molar-refractivity contribution >= 4 is 29.3 Å². The number of nitrogens with one attached hydrogen (secondary N) is 2. The van der Waals surface area contributed by atoms with E-state index in [0.717, 1.165) is 23.4 Å². The molecule has 0 atom stereocenters. The second kappa shape index (κ2) is 12.5. The monoisotopic (exact) mass is 555 g/mol. The van der Waals surface area contributed by atoms with Gasteiger partial charge in [0, 0.05) is 5.69 Å². The van der Waals surface area contributed by atoms with Crippen LogP contribution in [0, 0.1) is 6.92 Å². The van der Waals surface area contributed by atoms with Crippen LogP contribution in [0.5, 0.6) is 5.75 Å². The number of thioether (sulfide) groups is 1. The van der Waals surface area contributed by atoms with Crippen LogP contribution in [0.3, 0.4) is 0 Å². The number of alkyl halides is 3. The molecule has 39 heavy (non-hydrogen) atoms. The summed E-state index contributed by atoms with van der Waals surface area (Å²) in [7, 11) is 0. The Bertz CT molecular complexity index is 1440. The lowest BCUT2D eigenvalue weighted by Crippen LogP contribution is -2.29. The molecule has 4 rings (SSSR count). The molecule has 1 aromatic heterocycles. The Kier molecular flexibility index (Phi) is 8.87. The van der Waals surface area contributed by atoms with E-state index in [1.807, 2.05) is 37.3 Å². The molecule has 0 aliphatic rings. The molecule has 0 aliphatic heterocycles. The van der Waals surface area contributed by atoms with Crippen molar-refractivity contribution < 1.29 is 27.5 Å². The fourth-order valence-electron chi connectivity index (χ4n) is 3.58. The zero-order valence-corrected chi connectivity index (χ0v) is 21.6. The summed E-state index contributed by atoms with van der Waals surface area (Å²) in [5.41, 5.74) is 0.414. The molecule has 202 valence electrons. The molecule has 3 aromatic carbocycles. The van der Waals surface area contributed by atoms with Crippen molar-refractivity contribution in [3.8, 4) is 11.4 Å². The lowest BCUT2D eigenvalue weighted by molar-refractivity contribution is -0.137. The molecule has 2 N–H and O–H groups in total. The first-order chi connectivity index (χ1) is 18.7. The van der Waals surface area contributed by atoms with Gasteiger partial charge >= 0.3 is 6.18 Å². The number of hydrogen-bond donors (Lipinski definition) is 2. The van der Waals surface area contributed by atoms with Crippen LogP contribution in [0.4, 0.5) is 18.9 Å². The minimum Gasteiger partial charge on any atom is -0.484 e. The second-order valence-corrected chi connectivity index (χ2v) is 9.27. The van der Waals surface area contributed by atoms with Crippen molar-refractivity contribution in [2.75, 3.05) is 17.7 Å². The van der Waals surface area contributed by atoms with Crippen molar-refractivity contribution in [2.45, 2.75) is 24.8 Å². The van der Waals surface area contributed by atoms with Gasteiger partial charge in [-0.05, 0) is 48.9 Å². The molecule has 0 unspecified atom stereocenters. The molecule has 0 spiro atoms. The number of carbonyl (C=O) groups excluding carboxylic acids is 2. The van der Waals surface area contributed by atoms with Gasteiger partial charge in [0.2, 0.25) is 5.91 Å². The highest BCUT2D eigenvalue weighted by atomic mass is 32.2. The van der Waals surface area contributed by atoms with Gasteiger partial charge in [-0.3, -0.25) is 14.2 Å². The van der Waals surface area contributed by atoms with Crippen LogP contribution in [0.2, 0.25) is 0 Å². The van der Waals surface area contributed by atoms with Crippen molar-refractivity contribution in [1.82, 2.24) is 20.1 Å². The maximum Gasteiger partial charge on any atom is 0.418 e. The predicted octanol–water partition coefficient (Wildman–Crippen LogP) is 5.02. The Morgan fingerprint density at radius 2 is 1.69 bits per heavy atom. The first-order valence-electron chi connectivity index (χ1n) is 11.8. The lowest BCUT2D eigenvalue weighted by atomic mass is 10.1. The van der Waals surface area contributed by atoms with Crippen molar-refractivity contribution in [1.29, 1.82) is 0 Å². The van der Waals surface area contributed by atoms with E-state index < -0.39 is 17.6 Å². The standard InChI is InChI=1S/C27H24F3N5O3S/c1-18-8-7-9-19(14-18)35-23(15-31-24(36)16-38-20-10-3-2-4-11-20)33-34-26(35)39-17-25(37)32-22-13-6-5-12-21(22)27(28,29)30/h2-14H,15-17H2,1H3,(H,31,36)(H,32,37). The second-order valence-electron chi connectivity index (χ2n) is 8.33. The van der Waals surface area contributed by atoms with Gasteiger partial charge in [-0.1, -0.05) is 54.2 Å². The molecular formula is C27H24F3N5O3S. The molecule has 0 saturated heterocycles. The van der Waals surface area contributed by atoms with Gasteiger partial charge < -0.3 is 15.4 Å². The summed E-state index contributed by atoms with van der Waals surface area (Å²) >= 11 is 1.01. The molecule has 2 amide bonds. The van der Waals surface area contributed by atoms with Crippen LogP contribution in [0.1, 0.15) is 17.0 Å². The molecule has 8 nitrogen and oxygen atoms in total. The third-order valence-electron chi connectivity index (χ3n) is 5.36. The van der Waals surface area contributed by atoms with Crippen LogP contribution in [0.25, 0.3) is 5.69 Å². The Morgan fingerprint density at radius 1 is 0.949 bits per heavy atom. The zero-order chi connectivity index (χ0) is 27.8. The lowest BCUT2D eigenvalue weighted by Gasteiger charge is -2.14. The summed E-state index contributed by atoms with van der Waals surface area (Å²) in [6.07, 6.45) is -4.60. The van der Waals surface area contributed by atoms with Crippen LogP contribution in [-0.4, -0.2) is 38.9 Å². The van der Waals surface area contributed by atoms with Crippen molar-refractivity contribution in [3.63, 3.8) is 0 Å². The largest absolute Gasteiger partial charge is 0.484 e. The molecule has 0 radical (unpaired) electrons. The Morgan fingerprint density at radius 3 is 2.44 bits per heavy atom. The summed E-state index contributed by atoms with van der Waals surface area (Å²) in [6.45, 7) is 1.75. The maximum atomic E-state index is 13.3. The smallest absolute Gasteiger partial charge is 0.418 e. The molecule has 12 heteroatoms. The predicted molar refractivity (Wildman–Crippen MR) is 141 cm³/mol. The van der Waals surface area contributed by atoms with E-state index in [1.165, 1.54) is 18.2 Å². The number of aryl methyl sites for hydroxylation is 1. The summed E-state index contributed by atoms with van der Waals surface area (Å²) < 4.78 is 47.0. The Hall–Kier alpha value is -4.32. The number of anilines is 1. The quantitative estimate of drug-likeness (QED) is 0.267. The van der Waals surface area contributed by atoms with E-state index in [0.29, 0.717) is 22.4 Å². The average Bonchev–Trinajstić information content (AvgIpc) is 3.32. The van der Waals surface area contributed by atoms with Crippen LogP contribution in [-0.2, 0) is 22.3 Å². The van der Waals surface area contributed by atoms with E-state index in [9.17, 15) is 22.8 Å². The van der Waals surface area contributed by atoms with E-state index in [4.69, 9.17) is 4.74 Å². The van der Waals surface area contributed by atoms with Gasteiger partial charge in [-0.15, -0.1) is 10.2 Å². The molecular weight excluding hydrogens is 531 g/mol. The highest BCUT2D eigenvalue weighted by Gasteiger charge is 2.33. The molecule has 0 fully saturated rings. The van der Waals surface area contributed by atoms with Crippen LogP contribution in [0.15, 0.2) is 84.0 Å². The minimum absolute atomic E-state index is 0.0314. The molecule has 0 saturated carbocycles. The molecule has 1 heterocycles. The van der Waals surface area contributed by atoms with Crippen LogP contribution < -0.4 is 15.4 Å². The maximum absolute atomic E-state index is 13.3. The Labute approximate surface area is 226 Å². The fourth-order valence-corrected chi connectivity index (χ4v) is 4.36. The molecule has 0 bridgehead atoms. The number of ether oxygens (including phenoxy) is 1. The average molecular weight is 556 g/mol. The number of rotatable bonds is 10. The van der Waals surface area contributed by atoms with Gasteiger partial charge in [0.1, 0.15) is 5.75 Å². The number of para-hydroxylation sites is 2. The summed E-state index contributed by atoms with van der Waals surface area (Å²) in [4.78, 5) is 24.9. The molecule has 4 aromatic rings. The minimum atomic E-state index is -4.60. The SMILES string of the molecule is Cc1cccc(-n2c(CNC(=O)COc3ccccc3)nnc2SCC(=O)Nc2ccccc2C(F)(F)F)c1. The summed E-state index contributed by atoms with van der Waals surface area (Å²) in [5, 5.41) is 13.7. The van der Waals surface area contributed by atoms with Crippen molar-refractivity contribution in [3.05, 3.63) is 95.8 Å². The summed E-state index contributed by atoms with van der Waals surface area (Å²) in [5.74, 6) is -0.254. The normalized spacial score (nSPS) is 11.2. The molecule has 0 aliphatic carbocycles. The fraction of sp³-hybridized carbons (Fsp3) is 0.185. The first-order valence-corrected chi connectivity index (χ1v) is 12.7. The topological polar surface area (TPSA) is 98.1 Å². The van der Waals surface area contributed by atoms with Gasteiger partial charge in [-0.25, -0.2) is 0 Å². The number of benzene rings is 3. The van der Waals surface area contributed by atoms with E-state index in [1.54, 1.807) is 28.8 Å². The van der Waals surface area contributed by atoms with Gasteiger partial charge in [-0.2, -0.15) is 13.2 Å². The number of aromatic nitrogens is 3. The third-order valence-corrected chi connectivity index (χ3v) is 6.28. The van der Waals surface area contributed by atoms with E-state index in [-0.39, 0.29) is 30.5 Å². The van der Waals surface area contributed by atoms with E-state index >= 15 is 0 Å². The van der Waals surface area contributed by atoms with Gasteiger partial charge in [0.05, 0.1) is 23.5 Å². The number of nitrogens with zero attached hydrogens (tertiary/aromatic N) is 3.